The van der Waals surface area contributed by atoms with Crippen molar-refractivity contribution in [3.63, 3.8) is 0 Å². The summed E-state index contributed by atoms with van der Waals surface area (Å²) in [4.78, 5) is 4.63. The Labute approximate surface area is 112 Å². The molecule has 0 unspecified atom stereocenters. The maximum absolute atomic E-state index is 5.85. The van der Waals surface area contributed by atoms with Crippen molar-refractivity contribution in [2.45, 2.75) is 18.4 Å². The molecular weight excluding hydrogens is 242 g/mol. The normalized spacial score (nSPS) is 22.3. The Bertz CT molecular complexity index is 545. The molecule has 0 spiro atoms. The lowest BCUT2D eigenvalue weighted by Crippen LogP contribution is -1.87. The van der Waals surface area contributed by atoms with Crippen molar-refractivity contribution in [1.29, 1.82) is 0 Å². The van der Waals surface area contributed by atoms with Gasteiger partial charge in [-0.1, -0.05) is 54.1 Å². The van der Waals surface area contributed by atoms with Gasteiger partial charge in [-0.2, -0.15) is 0 Å². The molecule has 18 heavy (non-hydrogen) atoms. The number of hydrogen-bond donors (Lipinski definition) is 0. The smallest absolute Gasteiger partial charge is 0.0575 e. The quantitative estimate of drug-likeness (QED) is 0.725. The van der Waals surface area contributed by atoms with Gasteiger partial charge in [0.05, 0.1) is 6.04 Å². The first-order chi connectivity index (χ1) is 8.83. The van der Waals surface area contributed by atoms with Crippen molar-refractivity contribution in [2.75, 3.05) is 0 Å². The van der Waals surface area contributed by atoms with Crippen LogP contribution >= 0.6 is 11.6 Å². The van der Waals surface area contributed by atoms with E-state index in [0.29, 0.717) is 12.0 Å². The number of hydrogen-bond acceptors (Lipinski definition) is 1. The summed E-state index contributed by atoms with van der Waals surface area (Å²) in [5.41, 5.74) is 2.51. The average molecular weight is 256 g/mol. The summed E-state index contributed by atoms with van der Waals surface area (Å²) in [6, 6.07) is 18.8. The fourth-order valence-electron chi connectivity index (χ4n) is 2.14. The van der Waals surface area contributed by atoms with Gasteiger partial charge in [0.15, 0.2) is 0 Å². The molecule has 0 radical (unpaired) electrons. The molecular formula is C16H14ClN. The minimum absolute atomic E-state index is 0.447. The van der Waals surface area contributed by atoms with Crippen molar-refractivity contribution >= 4 is 17.8 Å². The van der Waals surface area contributed by atoms with E-state index in [4.69, 9.17) is 11.6 Å². The first-order valence-electron chi connectivity index (χ1n) is 6.16. The molecule has 0 N–H and O–H groups in total. The van der Waals surface area contributed by atoms with E-state index in [1.807, 2.05) is 30.5 Å². The number of halogens is 1. The van der Waals surface area contributed by atoms with E-state index < -0.39 is 0 Å². The highest BCUT2D eigenvalue weighted by Gasteiger charge is 2.37. The molecule has 1 nitrogen and oxygen atoms in total. The fraction of sp³-hybridized carbons (Fsp3) is 0.188. The van der Waals surface area contributed by atoms with Crippen LogP contribution in [0.5, 0.6) is 0 Å². The van der Waals surface area contributed by atoms with Crippen molar-refractivity contribution < 1.29 is 0 Å². The number of rotatable bonds is 3. The lowest BCUT2D eigenvalue weighted by atomic mass is 10.1. The molecule has 2 heteroatoms. The molecule has 0 bridgehead atoms. The van der Waals surface area contributed by atoms with Crippen LogP contribution in [0.3, 0.4) is 0 Å². The summed E-state index contributed by atoms with van der Waals surface area (Å²) < 4.78 is 0. The van der Waals surface area contributed by atoms with Gasteiger partial charge < -0.3 is 0 Å². The van der Waals surface area contributed by atoms with Gasteiger partial charge in [0.1, 0.15) is 0 Å². The van der Waals surface area contributed by atoms with Crippen LogP contribution in [-0.2, 0) is 0 Å². The largest absolute Gasteiger partial charge is 0.289 e. The van der Waals surface area contributed by atoms with Gasteiger partial charge in [0.25, 0.3) is 0 Å². The summed E-state index contributed by atoms with van der Waals surface area (Å²) in [7, 11) is 0. The van der Waals surface area contributed by atoms with Gasteiger partial charge in [0, 0.05) is 17.2 Å². The molecule has 1 fully saturated rings. The maximum atomic E-state index is 5.85. The third-order valence-corrected chi connectivity index (χ3v) is 3.52. The highest BCUT2D eigenvalue weighted by atomic mass is 35.5. The van der Waals surface area contributed by atoms with Crippen LogP contribution in [0.1, 0.15) is 23.5 Å². The minimum atomic E-state index is 0.447. The zero-order valence-electron chi connectivity index (χ0n) is 9.96. The predicted molar refractivity (Wildman–Crippen MR) is 76.6 cm³/mol. The first kappa shape index (κ1) is 11.5. The molecule has 2 aromatic carbocycles. The summed E-state index contributed by atoms with van der Waals surface area (Å²) in [5.74, 6) is 0.606. The summed E-state index contributed by atoms with van der Waals surface area (Å²) in [5, 5.41) is 0.765. The van der Waals surface area contributed by atoms with Crippen molar-refractivity contribution in [2.24, 2.45) is 4.99 Å². The van der Waals surface area contributed by atoms with Crippen molar-refractivity contribution in [3.8, 4) is 0 Å². The molecule has 1 aliphatic carbocycles. The van der Waals surface area contributed by atoms with E-state index >= 15 is 0 Å². The summed E-state index contributed by atoms with van der Waals surface area (Å²) >= 11 is 5.85. The van der Waals surface area contributed by atoms with E-state index in [9.17, 15) is 0 Å². The van der Waals surface area contributed by atoms with E-state index in [1.54, 1.807) is 0 Å². The van der Waals surface area contributed by atoms with Gasteiger partial charge in [-0.05, 0) is 29.7 Å². The standard InChI is InChI=1S/C16H14ClN/c17-14-8-6-12(7-9-14)11-18-16-10-15(16)13-4-2-1-3-5-13/h1-9,11,15-16H,10H2/t15-,16+/m1/s1. The van der Waals surface area contributed by atoms with Crippen LogP contribution in [0.2, 0.25) is 5.02 Å². The average Bonchev–Trinajstić information content (AvgIpc) is 3.19. The molecule has 90 valence electrons. The Morgan fingerprint density at radius 1 is 1.00 bits per heavy atom. The van der Waals surface area contributed by atoms with Crippen LogP contribution < -0.4 is 0 Å². The minimum Gasteiger partial charge on any atom is -0.289 e. The predicted octanol–water partition coefficient (Wildman–Crippen LogP) is 4.32. The van der Waals surface area contributed by atoms with Crippen molar-refractivity contribution in [1.82, 2.24) is 0 Å². The molecule has 2 atom stereocenters. The number of nitrogens with zero attached hydrogens (tertiary/aromatic N) is 1. The second kappa shape index (κ2) is 4.95. The van der Waals surface area contributed by atoms with E-state index in [-0.39, 0.29) is 0 Å². The zero-order chi connectivity index (χ0) is 12.4. The van der Waals surface area contributed by atoms with Crippen LogP contribution in [0.4, 0.5) is 0 Å². The van der Waals surface area contributed by atoms with Crippen LogP contribution in [-0.4, -0.2) is 12.3 Å². The van der Waals surface area contributed by atoms with Gasteiger partial charge >= 0.3 is 0 Å². The second-order valence-electron chi connectivity index (χ2n) is 4.65. The molecule has 0 saturated heterocycles. The maximum Gasteiger partial charge on any atom is 0.0575 e. The fourth-order valence-corrected chi connectivity index (χ4v) is 2.26. The van der Waals surface area contributed by atoms with E-state index in [0.717, 1.165) is 17.0 Å². The van der Waals surface area contributed by atoms with E-state index in [2.05, 4.69) is 35.3 Å². The molecule has 0 aliphatic heterocycles. The molecule has 0 aromatic heterocycles. The van der Waals surface area contributed by atoms with Crippen LogP contribution in [0.15, 0.2) is 59.6 Å². The Balaban J connectivity index is 1.64. The van der Waals surface area contributed by atoms with Gasteiger partial charge in [-0.25, -0.2) is 0 Å². The molecule has 0 amide bonds. The molecule has 1 aliphatic rings. The number of aliphatic imine (C=N–C) groups is 1. The third-order valence-electron chi connectivity index (χ3n) is 3.27. The van der Waals surface area contributed by atoms with E-state index in [1.165, 1.54) is 5.56 Å². The number of benzene rings is 2. The van der Waals surface area contributed by atoms with Gasteiger partial charge in [-0.3, -0.25) is 4.99 Å². The highest BCUT2D eigenvalue weighted by molar-refractivity contribution is 6.30. The molecule has 3 rings (SSSR count). The van der Waals surface area contributed by atoms with Crippen LogP contribution in [0, 0.1) is 0 Å². The summed E-state index contributed by atoms with van der Waals surface area (Å²) in [6.45, 7) is 0. The zero-order valence-corrected chi connectivity index (χ0v) is 10.7. The Kier molecular flexibility index (Phi) is 3.16. The monoisotopic (exact) mass is 255 g/mol. The lowest BCUT2D eigenvalue weighted by molar-refractivity contribution is 0.995. The first-order valence-corrected chi connectivity index (χ1v) is 6.54. The SMILES string of the molecule is Clc1ccc(C=N[C@H]2C[C@@H]2c2ccccc2)cc1. The molecule has 0 heterocycles. The highest BCUT2D eigenvalue weighted by Crippen LogP contribution is 2.43. The van der Waals surface area contributed by atoms with Crippen LogP contribution in [0.25, 0.3) is 0 Å². The van der Waals surface area contributed by atoms with Gasteiger partial charge in [-0.15, -0.1) is 0 Å². The van der Waals surface area contributed by atoms with Gasteiger partial charge in [0.2, 0.25) is 0 Å². The lowest BCUT2D eigenvalue weighted by Gasteiger charge is -1.96. The third kappa shape index (κ3) is 2.62. The summed E-state index contributed by atoms with van der Waals surface area (Å²) in [6.07, 6.45) is 3.11. The second-order valence-corrected chi connectivity index (χ2v) is 5.09. The Hall–Kier alpha value is -1.60. The van der Waals surface area contributed by atoms with Crippen molar-refractivity contribution in [3.05, 3.63) is 70.7 Å². The topological polar surface area (TPSA) is 12.4 Å². The Morgan fingerprint density at radius 3 is 2.44 bits per heavy atom. The molecule has 2 aromatic rings. The molecule has 1 saturated carbocycles. The Morgan fingerprint density at radius 2 is 1.72 bits per heavy atom.